The maximum Gasteiger partial charge on any atom is 0.262 e. The second kappa shape index (κ2) is 8.05. The van der Waals surface area contributed by atoms with E-state index in [4.69, 9.17) is 4.74 Å². The van der Waals surface area contributed by atoms with Gasteiger partial charge in [-0.05, 0) is 44.2 Å². The Labute approximate surface area is 190 Å². The van der Waals surface area contributed by atoms with Crippen LogP contribution >= 0.6 is 0 Å². The zero-order valence-corrected chi connectivity index (χ0v) is 18.2. The van der Waals surface area contributed by atoms with Crippen molar-refractivity contribution in [2.45, 2.75) is 25.9 Å². The van der Waals surface area contributed by atoms with Gasteiger partial charge in [0.05, 0.1) is 5.56 Å². The Kier molecular flexibility index (Phi) is 5.05. The Morgan fingerprint density at radius 2 is 1.76 bits per heavy atom. The molecule has 2 aromatic carbocycles. The molecule has 3 heterocycles. The van der Waals surface area contributed by atoms with Crippen molar-refractivity contribution < 1.29 is 19.1 Å². The summed E-state index contributed by atoms with van der Waals surface area (Å²) in [6.07, 6.45) is 1.56. The zero-order valence-electron chi connectivity index (χ0n) is 18.2. The third-order valence-electron chi connectivity index (χ3n) is 5.73. The Morgan fingerprint density at radius 3 is 2.58 bits per heavy atom. The molecular weight excluding hydrogens is 420 g/mol. The maximum absolute atomic E-state index is 13.3. The van der Waals surface area contributed by atoms with Gasteiger partial charge in [0, 0.05) is 23.5 Å². The molecule has 8 nitrogen and oxygen atoms in total. The molecule has 0 spiro atoms. The fourth-order valence-corrected chi connectivity index (χ4v) is 4.28. The van der Waals surface area contributed by atoms with Gasteiger partial charge in [0.25, 0.3) is 11.8 Å². The fraction of sp³-hybridized carbons (Fsp3) is 0.200. The molecule has 2 aliphatic heterocycles. The molecular formula is C25H22N4O4. The largest absolute Gasteiger partial charge is 0.436 e. The molecule has 0 unspecified atom stereocenters. The molecule has 2 aliphatic rings. The first-order valence-electron chi connectivity index (χ1n) is 10.7. The van der Waals surface area contributed by atoms with Crippen LogP contribution in [-0.2, 0) is 9.59 Å². The number of nitrogens with one attached hydrogen (secondary N) is 1. The summed E-state index contributed by atoms with van der Waals surface area (Å²) in [5.74, 6) is -0.432. The second-order valence-corrected chi connectivity index (χ2v) is 8.18. The molecule has 1 N–H and O–H groups in total. The fourth-order valence-electron chi connectivity index (χ4n) is 4.28. The summed E-state index contributed by atoms with van der Waals surface area (Å²) in [5, 5.41) is 2.83. The lowest BCUT2D eigenvalue weighted by Crippen LogP contribution is -2.45. The van der Waals surface area contributed by atoms with E-state index in [1.54, 1.807) is 47.5 Å². The Morgan fingerprint density at radius 1 is 1.03 bits per heavy atom. The van der Waals surface area contributed by atoms with Crippen molar-refractivity contribution in [2.24, 2.45) is 0 Å². The predicted octanol–water partition coefficient (Wildman–Crippen LogP) is 3.45. The quantitative estimate of drug-likeness (QED) is 0.668. The van der Waals surface area contributed by atoms with Crippen molar-refractivity contribution in [1.29, 1.82) is 0 Å². The Bertz CT molecular complexity index is 1270. The molecule has 0 radical (unpaired) electrons. The first-order chi connectivity index (χ1) is 16.0. The molecule has 3 aromatic rings. The van der Waals surface area contributed by atoms with Gasteiger partial charge in [0.2, 0.25) is 11.8 Å². The average molecular weight is 442 g/mol. The number of hydrogen-bond donors (Lipinski definition) is 1. The molecule has 1 atom stereocenters. The highest BCUT2D eigenvalue weighted by atomic mass is 16.5. The van der Waals surface area contributed by atoms with Gasteiger partial charge in [-0.25, -0.2) is 4.98 Å². The van der Waals surface area contributed by atoms with Crippen LogP contribution in [0.4, 0.5) is 11.4 Å². The van der Waals surface area contributed by atoms with Crippen molar-refractivity contribution >= 4 is 29.1 Å². The molecule has 8 heteroatoms. The second-order valence-electron chi connectivity index (χ2n) is 8.18. The summed E-state index contributed by atoms with van der Waals surface area (Å²) in [4.78, 5) is 46.8. The number of carbonyl (C=O) groups excluding carboxylic acids is 3. The van der Waals surface area contributed by atoms with Gasteiger partial charge < -0.3 is 15.0 Å². The molecule has 166 valence electrons. The number of amides is 3. The molecule has 0 fully saturated rings. The first kappa shape index (κ1) is 20.7. The van der Waals surface area contributed by atoms with Crippen LogP contribution in [0.25, 0.3) is 0 Å². The first-order valence-corrected chi connectivity index (χ1v) is 10.7. The van der Waals surface area contributed by atoms with Crippen molar-refractivity contribution in [1.82, 2.24) is 10.3 Å². The summed E-state index contributed by atoms with van der Waals surface area (Å²) in [6.45, 7) is 3.56. The van der Waals surface area contributed by atoms with E-state index in [0.29, 0.717) is 17.0 Å². The lowest BCUT2D eigenvalue weighted by Gasteiger charge is -2.23. The van der Waals surface area contributed by atoms with Crippen molar-refractivity contribution in [2.75, 3.05) is 16.3 Å². The van der Waals surface area contributed by atoms with Crippen LogP contribution < -0.4 is 19.9 Å². The lowest BCUT2D eigenvalue weighted by molar-refractivity contribution is -0.126. The number of ether oxygens (including phenoxy) is 1. The van der Waals surface area contributed by atoms with E-state index in [1.807, 2.05) is 38.1 Å². The van der Waals surface area contributed by atoms with Crippen LogP contribution in [0.3, 0.4) is 0 Å². The van der Waals surface area contributed by atoms with Crippen LogP contribution in [0, 0.1) is 0 Å². The highest BCUT2D eigenvalue weighted by Crippen LogP contribution is 2.38. The van der Waals surface area contributed by atoms with E-state index in [-0.39, 0.29) is 30.3 Å². The number of carbonyl (C=O) groups is 3. The number of pyridine rings is 1. The summed E-state index contributed by atoms with van der Waals surface area (Å²) in [7, 11) is 0. The molecule has 5 rings (SSSR count). The number of aromatic nitrogens is 1. The van der Waals surface area contributed by atoms with Crippen LogP contribution in [0.2, 0.25) is 0 Å². The van der Waals surface area contributed by atoms with Crippen LogP contribution in [0.5, 0.6) is 11.6 Å². The average Bonchev–Trinajstić information content (AvgIpc) is 3.02. The highest BCUT2D eigenvalue weighted by Gasteiger charge is 2.40. The van der Waals surface area contributed by atoms with Gasteiger partial charge in [0.1, 0.15) is 24.0 Å². The van der Waals surface area contributed by atoms with Gasteiger partial charge in [-0.2, -0.15) is 0 Å². The normalized spacial score (nSPS) is 16.6. The SMILES string of the molecule is CC(C)N1C(=O)[C@H](NC(=O)CN2C(=O)c3ccccc3Oc3ncccc32)c2ccccc21. The summed E-state index contributed by atoms with van der Waals surface area (Å²) >= 11 is 0. The van der Waals surface area contributed by atoms with E-state index in [1.165, 1.54) is 4.90 Å². The van der Waals surface area contributed by atoms with Crippen LogP contribution in [0.15, 0.2) is 66.9 Å². The van der Waals surface area contributed by atoms with E-state index in [9.17, 15) is 14.4 Å². The third kappa shape index (κ3) is 3.49. The molecule has 0 saturated heterocycles. The number of benzene rings is 2. The van der Waals surface area contributed by atoms with E-state index in [2.05, 4.69) is 10.3 Å². The molecule has 3 amide bonds. The molecule has 0 bridgehead atoms. The highest BCUT2D eigenvalue weighted by molar-refractivity contribution is 6.12. The summed E-state index contributed by atoms with van der Waals surface area (Å²) in [6, 6.07) is 16.7. The molecule has 33 heavy (non-hydrogen) atoms. The van der Waals surface area contributed by atoms with Gasteiger partial charge in [-0.15, -0.1) is 0 Å². The van der Waals surface area contributed by atoms with Gasteiger partial charge in [-0.3, -0.25) is 19.3 Å². The summed E-state index contributed by atoms with van der Waals surface area (Å²) in [5.41, 5.74) is 2.24. The minimum Gasteiger partial charge on any atom is -0.436 e. The zero-order chi connectivity index (χ0) is 23.1. The minimum atomic E-state index is -0.810. The number of nitrogens with zero attached hydrogens (tertiary/aromatic N) is 3. The van der Waals surface area contributed by atoms with Gasteiger partial charge in [-0.1, -0.05) is 30.3 Å². The summed E-state index contributed by atoms with van der Waals surface area (Å²) < 4.78 is 5.86. The molecule has 0 saturated carbocycles. The monoisotopic (exact) mass is 442 g/mol. The smallest absolute Gasteiger partial charge is 0.262 e. The minimum absolute atomic E-state index is 0.0562. The van der Waals surface area contributed by atoms with E-state index < -0.39 is 11.9 Å². The van der Waals surface area contributed by atoms with Crippen molar-refractivity contribution in [3.8, 4) is 11.6 Å². The van der Waals surface area contributed by atoms with Crippen LogP contribution in [0.1, 0.15) is 35.8 Å². The number of para-hydroxylation sites is 2. The number of hydrogen-bond acceptors (Lipinski definition) is 5. The number of fused-ring (bicyclic) bond motifs is 3. The van der Waals surface area contributed by atoms with E-state index in [0.717, 1.165) is 11.3 Å². The molecule has 1 aromatic heterocycles. The van der Waals surface area contributed by atoms with Gasteiger partial charge >= 0.3 is 0 Å². The van der Waals surface area contributed by atoms with Gasteiger partial charge in [0.15, 0.2) is 0 Å². The maximum atomic E-state index is 13.3. The third-order valence-corrected chi connectivity index (χ3v) is 5.73. The number of rotatable bonds is 4. The van der Waals surface area contributed by atoms with Crippen molar-refractivity contribution in [3.05, 3.63) is 78.0 Å². The Balaban J connectivity index is 1.44. The predicted molar refractivity (Wildman–Crippen MR) is 122 cm³/mol. The van der Waals surface area contributed by atoms with Crippen molar-refractivity contribution in [3.63, 3.8) is 0 Å². The Hall–Kier alpha value is -4.20. The molecule has 0 aliphatic carbocycles. The van der Waals surface area contributed by atoms with Crippen LogP contribution in [-0.4, -0.2) is 35.3 Å². The van der Waals surface area contributed by atoms with E-state index >= 15 is 0 Å². The lowest BCUT2D eigenvalue weighted by atomic mass is 10.1. The standard InChI is InChI=1S/C25H22N4O4/c1-15(2)29-18-10-5-3-8-16(18)22(25(29)32)27-21(30)14-28-19-11-7-13-26-23(19)33-20-12-6-4-9-17(20)24(28)31/h3-13,15,22H,14H2,1-2H3,(H,27,30)/t22-/m1/s1. The topological polar surface area (TPSA) is 91.8 Å². The number of anilines is 2.